The molecule has 126 valence electrons. The molecule has 0 aliphatic carbocycles. The molecule has 0 saturated carbocycles. The van der Waals surface area contributed by atoms with Crippen LogP contribution in [0.4, 0.5) is 0 Å². The molecule has 0 N–H and O–H groups in total. The summed E-state index contributed by atoms with van der Waals surface area (Å²) in [5.74, 6) is -1.38. The van der Waals surface area contributed by atoms with E-state index in [9.17, 15) is 14.4 Å². The summed E-state index contributed by atoms with van der Waals surface area (Å²) in [6.07, 6.45) is 5.41. The third-order valence-corrected chi connectivity index (χ3v) is 5.75. The van der Waals surface area contributed by atoms with Crippen LogP contribution in [-0.4, -0.2) is 35.2 Å². The van der Waals surface area contributed by atoms with Crippen LogP contribution in [0.5, 0.6) is 0 Å². The van der Waals surface area contributed by atoms with Crippen LogP contribution in [0.1, 0.15) is 78.6 Å². The van der Waals surface area contributed by atoms with Crippen LogP contribution in [0.25, 0.3) is 0 Å². The van der Waals surface area contributed by atoms with Gasteiger partial charge in [-0.25, -0.2) is 0 Å². The fraction of sp³-hybridized carbons (Fsp3) is 0.800. The summed E-state index contributed by atoms with van der Waals surface area (Å²) in [5.41, 5.74) is 0. The van der Waals surface area contributed by atoms with Gasteiger partial charge in [-0.3, -0.25) is 0 Å². The Balaban J connectivity index is 4.44. The monoisotopic (exact) mass is 372 g/mol. The number of hydrogen-bond acceptors (Lipinski definition) is 6. The normalized spacial score (nSPS) is 9.95. The first-order valence-electron chi connectivity index (χ1n) is 8.11. The molecule has 0 amide bonds. The standard InChI is InChI=1S/3C5H10O2.Ga/c3*1-2-3-4-5(6)7;/h3*2-4H2,1H3,(H,6,7);/q;;;+3/p-3. The Kier molecular flexibility index (Phi) is 13.1. The molecule has 0 unspecified atom stereocenters. The average molecular weight is 373 g/mol. The predicted octanol–water partition coefficient (Wildman–Crippen LogP) is 3.17. The maximum absolute atomic E-state index is 11.6. The Hall–Kier alpha value is -0.954. The van der Waals surface area contributed by atoms with Crippen molar-refractivity contribution in [2.75, 3.05) is 0 Å². The Morgan fingerprint density at radius 3 is 1.14 bits per heavy atom. The maximum atomic E-state index is 11.6. The Morgan fingerprint density at radius 1 is 0.636 bits per heavy atom. The number of hydrogen-bond donors (Lipinski definition) is 0. The molecule has 0 atom stereocenters. The van der Waals surface area contributed by atoms with Crippen molar-refractivity contribution in [2.24, 2.45) is 0 Å². The third-order valence-electron chi connectivity index (χ3n) is 2.89. The van der Waals surface area contributed by atoms with Gasteiger partial charge in [-0.1, -0.05) is 0 Å². The molecule has 0 aliphatic rings. The molecule has 0 radical (unpaired) electrons. The summed E-state index contributed by atoms with van der Waals surface area (Å²) in [6.45, 7) is 5.88. The van der Waals surface area contributed by atoms with Crippen LogP contribution in [0, 0.1) is 0 Å². The van der Waals surface area contributed by atoms with Crippen molar-refractivity contribution in [1.82, 2.24) is 0 Å². The molecule has 0 rings (SSSR count). The van der Waals surface area contributed by atoms with Gasteiger partial charge in [0, 0.05) is 0 Å². The van der Waals surface area contributed by atoms with Crippen LogP contribution < -0.4 is 0 Å². The van der Waals surface area contributed by atoms with E-state index in [1.54, 1.807) is 0 Å². The Labute approximate surface area is 139 Å². The third kappa shape index (κ3) is 11.7. The zero-order chi connectivity index (χ0) is 16.8. The molecule has 7 heteroatoms. The minimum absolute atomic E-state index is 0.247. The van der Waals surface area contributed by atoms with Gasteiger partial charge in [0.2, 0.25) is 0 Å². The summed E-state index contributed by atoms with van der Waals surface area (Å²) in [7, 11) is 0. The molecule has 6 nitrogen and oxygen atoms in total. The van der Waals surface area contributed by atoms with E-state index in [4.69, 9.17) is 10.6 Å². The molecule has 0 aromatic heterocycles. The zero-order valence-electron chi connectivity index (χ0n) is 13.9. The minimum atomic E-state index is -3.61. The molecule has 0 aromatic carbocycles. The van der Waals surface area contributed by atoms with Crippen molar-refractivity contribution in [2.45, 2.75) is 78.6 Å². The SMILES string of the molecule is CCCCC(=O)[O][Ga]([O]C(=O)CCCC)[O]C(=O)CCCC. The van der Waals surface area contributed by atoms with Gasteiger partial charge in [0.15, 0.2) is 0 Å². The molecular formula is C15H27GaO6. The van der Waals surface area contributed by atoms with E-state index in [0.717, 1.165) is 19.3 Å². The number of unbranched alkanes of at least 4 members (excludes halogenated alkanes) is 3. The van der Waals surface area contributed by atoms with Gasteiger partial charge in [-0.2, -0.15) is 0 Å². The Bertz CT molecular complexity index is 293. The zero-order valence-corrected chi connectivity index (χ0v) is 16.3. The Morgan fingerprint density at radius 2 is 0.909 bits per heavy atom. The summed E-state index contributed by atoms with van der Waals surface area (Å²) >= 11 is -3.61. The first-order valence-corrected chi connectivity index (χ1v) is 11.1. The fourth-order valence-corrected chi connectivity index (χ4v) is 3.93. The van der Waals surface area contributed by atoms with Gasteiger partial charge >= 0.3 is 139 Å². The molecule has 0 aromatic rings. The second-order valence-electron chi connectivity index (χ2n) is 5.07. The second-order valence-corrected chi connectivity index (χ2v) is 7.76. The number of carbonyl (C=O) groups is 3. The summed E-state index contributed by atoms with van der Waals surface area (Å²) in [6, 6.07) is 0. The van der Waals surface area contributed by atoms with E-state index in [0.29, 0.717) is 19.3 Å². The van der Waals surface area contributed by atoms with E-state index in [-0.39, 0.29) is 19.3 Å². The van der Waals surface area contributed by atoms with Crippen LogP contribution in [-0.2, 0) is 25.0 Å². The predicted molar refractivity (Wildman–Crippen MR) is 82.6 cm³/mol. The van der Waals surface area contributed by atoms with Gasteiger partial charge < -0.3 is 0 Å². The van der Waals surface area contributed by atoms with Crippen molar-refractivity contribution < 1.29 is 25.0 Å². The van der Waals surface area contributed by atoms with E-state index in [2.05, 4.69) is 0 Å². The van der Waals surface area contributed by atoms with Crippen molar-refractivity contribution >= 4 is 35.2 Å². The fourth-order valence-electron chi connectivity index (χ4n) is 1.53. The molecule has 0 spiro atoms. The van der Waals surface area contributed by atoms with Crippen molar-refractivity contribution in [3.05, 3.63) is 0 Å². The molecular weight excluding hydrogens is 346 g/mol. The van der Waals surface area contributed by atoms with Crippen molar-refractivity contribution in [3.63, 3.8) is 0 Å². The molecule has 22 heavy (non-hydrogen) atoms. The van der Waals surface area contributed by atoms with Crippen molar-refractivity contribution in [3.8, 4) is 0 Å². The van der Waals surface area contributed by atoms with Crippen molar-refractivity contribution in [1.29, 1.82) is 0 Å². The topological polar surface area (TPSA) is 78.9 Å². The quantitative estimate of drug-likeness (QED) is 0.489. The van der Waals surface area contributed by atoms with Gasteiger partial charge in [-0.05, 0) is 0 Å². The summed E-state index contributed by atoms with van der Waals surface area (Å²) < 4.78 is 15.3. The molecule has 0 saturated heterocycles. The van der Waals surface area contributed by atoms with Crippen LogP contribution in [0.15, 0.2) is 0 Å². The number of carbonyl (C=O) groups excluding carboxylic acids is 3. The summed E-state index contributed by atoms with van der Waals surface area (Å²) in [4.78, 5) is 34.9. The van der Waals surface area contributed by atoms with Gasteiger partial charge in [0.05, 0.1) is 0 Å². The van der Waals surface area contributed by atoms with E-state index >= 15 is 0 Å². The molecule has 0 fully saturated rings. The first-order chi connectivity index (χ1) is 10.5. The average Bonchev–Trinajstić information content (AvgIpc) is 2.48. The van der Waals surface area contributed by atoms with Gasteiger partial charge in [0.25, 0.3) is 0 Å². The van der Waals surface area contributed by atoms with Crippen LogP contribution in [0.2, 0.25) is 0 Å². The molecule has 0 bridgehead atoms. The molecule has 0 heterocycles. The first kappa shape index (κ1) is 21.0. The second kappa shape index (κ2) is 13.7. The van der Waals surface area contributed by atoms with E-state index in [1.165, 1.54) is 0 Å². The van der Waals surface area contributed by atoms with E-state index < -0.39 is 35.2 Å². The number of rotatable bonds is 12. The van der Waals surface area contributed by atoms with Crippen LogP contribution in [0.3, 0.4) is 0 Å². The van der Waals surface area contributed by atoms with Gasteiger partial charge in [-0.15, -0.1) is 0 Å². The summed E-state index contributed by atoms with van der Waals surface area (Å²) in [5, 5.41) is 0. The van der Waals surface area contributed by atoms with E-state index in [1.807, 2.05) is 20.8 Å². The van der Waals surface area contributed by atoms with Crippen LogP contribution >= 0.6 is 0 Å². The van der Waals surface area contributed by atoms with Gasteiger partial charge in [0.1, 0.15) is 0 Å². The molecule has 0 aliphatic heterocycles.